The van der Waals surface area contributed by atoms with Crippen LogP contribution in [-0.4, -0.2) is 41.9 Å². The standard InChI is InChI=1S/C13H16F2N4O2/c1-20-7-6-16-8-10-9-19(18-17-10)11-4-2-3-5-12(11)21-13(14)15/h2-5,9,13,16H,6-8H2,1H3. The van der Waals surface area contributed by atoms with Crippen molar-refractivity contribution >= 4 is 0 Å². The van der Waals surface area contributed by atoms with E-state index in [9.17, 15) is 8.78 Å². The maximum absolute atomic E-state index is 12.4. The van der Waals surface area contributed by atoms with Crippen LogP contribution < -0.4 is 10.1 Å². The van der Waals surface area contributed by atoms with Crippen LogP contribution in [0.25, 0.3) is 5.69 Å². The predicted molar refractivity (Wildman–Crippen MR) is 71.6 cm³/mol. The maximum Gasteiger partial charge on any atom is 0.387 e. The summed E-state index contributed by atoms with van der Waals surface area (Å²) in [5.41, 5.74) is 1.10. The number of halogens is 2. The third-order valence-corrected chi connectivity index (χ3v) is 2.66. The van der Waals surface area contributed by atoms with Gasteiger partial charge >= 0.3 is 6.61 Å². The van der Waals surface area contributed by atoms with Crippen LogP contribution in [0.2, 0.25) is 0 Å². The Bertz CT molecular complexity index is 563. The highest BCUT2D eigenvalue weighted by atomic mass is 19.3. The van der Waals surface area contributed by atoms with Crippen LogP contribution in [0, 0.1) is 0 Å². The molecular weight excluding hydrogens is 282 g/mol. The van der Waals surface area contributed by atoms with E-state index in [1.807, 2.05) is 0 Å². The zero-order valence-corrected chi connectivity index (χ0v) is 11.5. The van der Waals surface area contributed by atoms with Gasteiger partial charge in [-0.2, -0.15) is 8.78 Å². The average molecular weight is 298 g/mol. The molecule has 0 fully saturated rings. The van der Waals surface area contributed by atoms with Gasteiger partial charge in [0.2, 0.25) is 0 Å². The molecule has 1 aromatic heterocycles. The van der Waals surface area contributed by atoms with Crippen molar-refractivity contribution in [1.82, 2.24) is 20.3 Å². The largest absolute Gasteiger partial charge is 0.433 e. The summed E-state index contributed by atoms with van der Waals surface area (Å²) >= 11 is 0. The van der Waals surface area contributed by atoms with E-state index in [2.05, 4.69) is 20.4 Å². The Hall–Kier alpha value is -2.06. The van der Waals surface area contributed by atoms with Crippen LogP contribution >= 0.6 is 0 Å². The lowest BCUT2D eigenvalue weighted by Gasteiger charge is -2.09. The Kier molecular flexibility index (Phi) is 5.59. The van der Waals surface area contributed by atoms with E-state index in [1.54, 1.807) is 31.5 Å². The van der Waals surface area contributed by atoms with Crippen LogP contribution in [-0.2, 0) is 11.3 Å². The SMILES string of the molecule is COCCNCc1cn(-c2ccccc2OC(F)F)nn1. The number of rotatable bonds is 8. The molecule has 114 valence electrons. The van der Waals surface area contributed by atoms with Crippen LogP contribution in [0.5, 0.6) is 5.75 Å². The van der Waals surface area contributed by atoms with E-state index in [1.165, 1.54) is 10.7 Å². The maximum atomic E-state index is 12.4. The van der Waals surface area contributed by atoms with Gasteiger partial charge < -0.3 is 14.8 Å². The lowest BCUT2D eigenvalue weighted by Crippen LogP contribution is -2.18. The van der Waals surface area contributed by atoms with Crippen LogP contribution in [0.3, 0.4) is 0 Å². The zero-order valence-electron chi connectivity index (χ0n) is 11.5. The number of para-hydroxylation sites is 2. The molecule has 1 N–H and O–H groups in total. The van der Waals surface area contributed by atoms with E-state index in [0.717, 1.165) is 0 Å². The first-order valence-corrected chi connectivity index (χ1v) is 6.36. The second-order valence-corrected chi connectivity index (χ2v) is 4.17. The van der Waals surface area contributed by atoms with E-state index < -0.39 is 6.61 Å². The zero-order chi connectivity index (χ0) is 15.1. The van der Waals surface area contributed by atoms with Gasteiger partial charge in [-0.15, -0.1) is 5.10 Å². The van der Waals surface area contributed by atoms with Gasteiger partial charge in [-0.05, 0) is 12.1 Å². The smallest absolute Gasteiger partial charge is 0.387 e. The van der Waals surface area contributed by atoms with Gasteiger partial charge in [-0.3, -0.25) is 0 Å². The Balaban J connectivity index is 2.07. The molecule has 0 atom stereocenters. The molecule has 2 rings (SSSR count). The average Bonchev–Trinajstić information content (AvgIpc) is 2.92. The van der Waals surface area contributed by atoms with Gasteiger partial charge in [0.1, 0.15) is 5.69 Å². The predicted octanol–water partition coefficient (Wildman–Crippen LogP) is 1.60. The van der Waals surface area contributed by atoms with Crippen molar-refractivity contribution in [3.05, 3.63) is 36.2 Å². The molecule has 0 bridgehead atoms. The number of methoxy groups -OCH3 is 1. The molecular formula is C13H16F2N4O2. The van der Waals surface area contributed by atoms with Crippen molar-refractivity contribution in [2.75, 3.05) is 20.3 Å². The highest BCUT2D eigenvalue weighted by Crippen LogP contribution is 2.23. The Morgan fingerprint density at radius 2 is 2.14 bits per heavy atom. The van der Waals surface area contributed by atoms with Gasteiger partial charge in [-0.1, -0.05) is 17.3 Å². The molecule has 6 nitrogen and oxygen atoms in total. The summed E-state index contributed by atoms with van der Waals surface area (Å²) in [6.45, 7) is -1.08. The molecule has 0 saturated heterocycles. The second kappa shape index (κ2) is 7.65. The van der Waals surface area contributed by atoms with Gasteiger partial charge in [0.25, 0.3) is 0 Å². The summed E-state index contributed by atoms with van der Waals surface area (Å²) in [4.78, 5) is 0. The molecule has 2 aromatic rings. The first kappa shape index (κ1) is 15.3. The normalized spacial score (nSPS) is 11.0. The molecule has 0 saturated carbocycles. The molecule has 0 unspecified atom stereocenters. The highest BCUT2D eigenvalue weighted by molar-refractivity contribution is 5.45. The van der Waals surface area contributed by atoms with Crippen molar-refractivity contribution in [2.24, 2.45) is 0 Å². The van der Waals surface area contributed by atoms with Crippen molar-refractivity contribution in [3.63, 3.8) is 0 Å². The lowest BCUT2D eigenvalue weighted by molar-refractivity contribution is -0.0499. The van der Waals surface area contributed by atoms with Crippen molar-refractivity contribution < 1.29 is 18.3 Å². The second-order valence-electron chi connectivity index (χ2n) is 4.17. The topological polar surface area (TPSA) is 61.2 Å². The minimum Gasteiger partial charge on any atom is -0.433 e. The summed E-state index contributed by atoms with van der Waals surface area (Å²) in [5, 5.41) is 11.0. The number of nitrogens with zero attached hydrogens (tertiary/aromatic N) is 3. The van der Waals surface area contributed by atoms with Crippen molar-refractivity contribution in [1.29, 1.82) is 0 Å². The lowest BCUT2D eigenvalue weighted by atomic mass is 10.3. The number of ether oxygens (including phenoxy) is 2. The molecule has 0 spiro atoms. The number of benzene rings is 1. The molecule has 8 heteroatoms. The van der Waals surface area contributed by atoms with Crippen LogP contribution in [0.4, 0.5) is 8.78 Å². The molecule has 0 aliphatic heterocycles. The summed E-state index contributed by atoms with van der Waals surface area (Å²) in [6, 6.07) is 6.42. The van der Waals surface area contributed by atoms with Crippen LogP contribution in [0.1, 0.15) is 5.69 Å². The van der Waals surface area contributed by atoms with E-state index in [4.69, 9.17) is 4.74 Å². The third-order valence-electron chi connectivity index (χ3n) is 2.66. The number of aromatic nitrogens is 3. The Morgan fingerprint density at radius 3 is 2.90 bits per heavy atom. The van der Waals surface area contributed by atoms with Crippen molar-refractivity contribution in [3.8, 4) is 11.4 Å². The fourth-order valence-electron chi connectivity index (χ4n) is 1.73. The first-order valence-electron chi connectivity index (χ1n) is 6.36. The van der Waals surface area contributed by atoms with Gasteiger partial charge in [0.15, 0.2) is 5.75 Å². The third kappa shape index (κ3) is 4.47. The molecule has 0 aliphatic rings. The van der Waals surface area contributed by atoms with E-state index >= 15 is 0 Å². The van der Waals surface area contributed by atoms with E-state index in [0.29, 0.717) is 31.1 Å². The van der Waals surface area contributed by atoms with Gasteiger partial charge in [0.05, 0.1) is 18.5 Å². The summed E-state index contributed by atoms with van der Waals surface area (Å²) in [5.74, 6) is 0.0521. The molecule has 1 heterocycles. The quantitative estimate of drug-likeness (QED) is 0.750. The Morgan fingerprint density at radius 1 is 1.33 bits per heavy atom. The number of hydrogen-bond acceptors (Lipinski definition) is 5. The monoisotopic (exact) mass is 298 g/mol. The van der Waals surface area contributed by atoms with E-state index in [-0.39, 0.29) is 5.75 Å². The number of nitrogens with one attached hydrogen (secondary N) is 1. The molecule has 1 aromatic carbocycles. The summed E-state index contributed by atoms with van der Waals surface area (Å²) < 4.78 is 35.5. The van der Waals surface area contributed by atoms with Gasteiger partial charge in [0, 0.05) is 20.2 Å². The number of alkyl halides is 2. The molecule has 0 aliphatic carbocycles. The molecule has 21 heavy (non-hydrogen) atoms. The minimum absolute atomic E-state index is 0.0521. The molecule has 0 amide bonds. The fourth-order valence-corrected chi connectivity index (χ4v) is 1.73. The highest BCUT2D eigenvalue weighted by Gasteiger charge is 2.12. The van der Waals surface area contributed by atoms with Crippen LogP contribution in [0.15, 0.2) is 30.5 Å². The fraction of sp³-hybridized carbons (Fsp3) is 0.385. The molecule has 0 radical (unpaired) electrons. The minimum atomic E-state index is -2.88. The summed E-state index contributed by atoms with van der Waals surface area (Å²) in [6.07, 6.45) is 1.66. The van der Waals surface area contributed by atoms with Crippen molar-refractivity contribution in [2.45, 2.75) is 13.2 Å². The van der Waals surface area contributed by atoms with Gasteiger partial charge in [-0.25, -0.2) is 4.68 Å². The summed E-state index contributed by atoms with van der Waals surface area (Å²) in [7, 11) is 1.62. The number of hydrogen-bond donors (Lipinski definition) is 1. The Labute approximate surface area is 120 Å². The first-order chi connectivity index (χ1) is 10.2.